The summed E-state index contributed by atoms with van der Waals surface area (Å²) in [7, 11) is 2.82. The van der Waals surface area contributed by atoms with E-state index in [9.17, 15) is 19.2 Å². The maximum Gasteiger partial charge on any atom is 0.490 e. The standard InChI is InChI=1S/C31H37N5O2.C21H23BrN2O2.C10H16BN3O2.C2H4Cl2/c1-20(2)36-9-8-25-26(31(38)33-19-27-22(4)14-21(3)15-29(27)37)16-24(17-28(25)36)23-6-7-30(32-18-23)35-12-10-34(5)11-13-35;1-12(2)24-6-5-16-17(9-15(22)10-19(16)24)21(26)23-11-18-14(4)7-13(3)8-20(18)25;1-13-4-6-14(7-5-13)10-3-2-9(8-12-10)11(15)16;1-2(3)4/h6-9,14,16-18,20H,10-13,15,19H2,1-5H3,(H,33,38);5-7,9-10,12H,8,11H2,1-4H3,(H,23,26);2-3,8,15-16H,4-7H2,1H3;2H,1H3. The number of hydrogen-bond donors (Lipinski definition) is 4. The number of alkyl halides is 2. The fourth-order valence-corrected chi connectivity index (χ4v) is 11.1. The van der Waals surface area contributed by atoms with Crippen LogP contribution in [0.1, 0.15) is 108 Å². The van der Waals surface area contributed by atoms with Crippen LogP contribution in [0.2, 0.25) is 0 Å². The van der Waals surface area contributed by atoms with Crippen LogP contribution in [-0.4, -0.2) is 154 Å². The molecule has 2 saturated heterocycles. The number of carbonyl (C=O) groups excluding carboxylic acids is 4. The third-order valence-corrected chi connectivity index (χ3v) is 15.8. The number of benzene rings is 2. The molecule has 10 rings (SSSR count). The molecule has 2 aliphatic carbocycles. The Hall–Kier alpha value is -6.38. The molecule has 16 nitrogen and oxygen atoms in total. The number of likely N-dealkylation sites (N-methyl/N-ethyl adjacent to an activating group) is 2. The second kappa shape index (κ2) is 29.6. The Morgan fingerprint density at radius 3 is 1.43 bits per heavy atom. The van der Waals surface area contributed by atoms with Gasteiger partial charge in [0.1, 0.15) is 16.5 Å². The minimum Gasteiger partial charge on any atom is -0.423 e. The van der Waals surface area contributed by atoms with E-state index in [1.165, 1.54) is 6.20 Å². The highest BCUT2D eigenvalue weighted by atomic mass is 79.9. The summed E-state index contributed by atoms with van der Waals surface area (Å²) >= 11 is 13.6. The largest absolute Gasteiger partial charge is 0.490 e. The van der Waals surface area contributed by atoms with Gasteiger partial charge in [-0.3, -0.25) is 19.2 Å². The predicted octanol–water partition coefficient (Wildman–Crippen LogP) is 10.3. The molecule has 0 atom stereocenters. The molecule has 4 aromatic heterocycles. The Kier molecular flexibility index (Phi) is 23.0. The molecule has 0 bridgehead atoms. The molecule has 446 valence electrons. The van der Waals surface area contributed by atoms with Gasteiger partial charge in [-0.1, -0.05) is 45.3 Å². The summed E-state index contributed by atoms with van der Waals surface area (Å²) in [5, 5.41) is 25.7. The summed E-state index contributed by atoms with van der Waals surface area (Å²) in [6, 6.07) is 20.2. The van der Waals surface area contributed by atoms with Crippen LogP contribution >= 0.6 is 39.1 Å². The lowest BCUT2D eigenvalue weighted by Gasteiger charge is -2.33. The number of pyridine rings is 2. The van der Waals surface area contributed by atoms with Crippen molar-refractivity contribution in [3.8, 4) is 11.1 Å². The van der Waals surface area contributed by atoms with Gasteiger partial charge < -0.3 is 49.4 Å². The van der Waals surface area contributed by atoms with E-state index in [-0.39, 0.29) is 47.3 Å². The molecule has 2 amide bonds. The van der Waals surface area contributed by atoms with Crippen LogP contribution < -0.4 is 25.9 Å². The van der Waals surface area contributed by atoms with Crippen molar-refractivity contribution in [1.29, 1.82) is 0 Å². The third-order valence-electron chi connectivity index (χ3n) is 15.3. The number of anilines is 2. The number of hydrogen-bond acceptors (Lipinski definition) is 12. The third kappa shape index (κ3) is 17.0. The second-order valence-corrected chi connectivity index (χ2v) is 25.1. The molecule has 0 unspecified atom stereocenters. The first-order chi connectivity index (χ1) is 39.9. The maximum absolute atomic E-state index is 13.5. The Labute approximate surface area is 513 Å². The molecule has 4 aliphatic rings. The lowest BCUT2D eigenvalue weighted by molar-refractivity contribution is -0.116. The lowest BCUT2D eigenvalue weighted by atomic mass is 9.82. The Morgan fingerprint density at radius 2 is 1.04 bits per heavy atom. The number of piperazine rings is 2. The lowest BCUT2D eigenvalue weighted by Crippen LogP contribution is -2.45. The molecule has 2 fully saturated rings. The quantitative estimate of drug-likeness (QED) is 0.0674. The number of ketones is 2. The number of aromatic nitrogens is 4. The van der Waals surface area contributed by atoms with Crippen LogP contribution in [0.15, 0.2) is 136 Å². The van der Waals surface area contributed by atoms with Gasteiger partial charge in [-0.05, 0) is 148 Å². The SMILES string of the molecule is CC(Cl)Cl.CC1=CC(C)=C(CNC(=O)c2cc(-c3ccc(N4CCN(C)CC4)nc3)cc3c2ccn3C(C)C)C(=O)C1.CC1=CC(C)=C(CNC(=O)c2cc(Br)cc3c2ccn3C(C)C)C(=O)C1.CN1CCN(c2ccc(B(O)O)cn2)CC1. The average molecular weight is 1250 g/mol. The van der Waals surface area contributed by atoms with E-state index < -0.39 is 7.12 Å². The van der Waals surface area contributed by atoms with Crippen molar-refractivity contribution in [3.05, 3.63) is 147 Å². The van der Waals surface area contributed by atoms with Crippen molar-refractivity contribution in [1.82, 2.24) is 39.5 Å². The molecule has 2 aromatic carbocycles. The van der Waals surface area contributed by atoms with Gasteiger partial charge in [0.25, 0.3) is 11.8 Å². The van der Waals surface area contributed by atoms with Crippen LogP contribution in [0.5, 0.6) is 0 Å². The molecular weight excluding hydrogens is 1170 g/mol. The first-order valence-electron chi connectivity index (χ1n) is 28.6. The predicted molar refractivity (Wildman–Crippen MR) is 347 cm³/mol. The molecule has 4 N–H and O–H groups in total. The van der Waals surface area contributed by atoms with Gasteiger partial charge in [0.05, 0.1) is 5.52 Å². The van der Waals surface area contributed by atoms with E-state index in [1.807, 2.05) is 94.8 Å². The normalized spacial score (nSPS) is 16.1. The molecule has 6 heterocycles. The van der Waals surface area contributed by atoms with E-state index in [1.54, 1.807) is 13.0 Å². The maximum atomic E-state index is 13.5. The molecular formula is C64H80BBrCl2N10O6. The summed E-state index contributed by atoms with van der Waals surface area (Å²) in [5.74, 6) is 1.71. The zero-order valence-corrected chi connectivity index (χ0v) is 53.4. The monoisotopic (exact) mass is 1240 g/mol. The summed E-state index contributed by atoms with van der Waals surface area (Å²) in [6.07, 6.45) is 12.4. The minimum atomic E-state index is -1.44. The van der Waals surface area contributed by atoms with Gasteiger partial charge in [-0.25, -0.2) is 9.97 Å². The molecule has 0 radical (unpaired) electrons. The Bertz CT molecular complexity index is 3460. The molecule has 0 saturated carbocycles. The van der Waals surface area contributed by atoms with E-state index in [2.05, 4.69) is 120 Å². The smallest absolute Gasteiger partial charge is 0.423 e. The van der Waals surface area contributed by atoms with Crippen molar-refractivity contribution in [3.63, 3.8) is 0 Å². The van der Waals surface area contributed by atoms with Crippen molar-refractivity contribution in [2.45, 2.75) is 92.1 Å². The zero-order chi connectivity index (χ0) is 61.1. The molecule has 0 spiro atoms. The minimum absolute atomic E-state index is 0.0826. The highest BCUT2D eigenvalue weighted by molar-refractivity contribution is 9.10. The van der Waals surface area contributed by atoms with E-state index in [0.717, 1.165) is 124 Å². The highest BCUT2D eigenvalue weighted by Crippen LogP contribution is 2.32. The van der Waals surface area contributed by atoms with Crippen molar-refractivity contribution in [2.24, 2.45) is 0 Å². The second-order valence-electron chi connectivity index (χ2n) is 22.7. The number of halogens is 3. The Morgan fingerprint density at radius 1 is 0.607 bits per heavy atom. The Balaban J connectivity index is 0.000000189. The fourth-order valence-electron chi connectivity index (χ4n) is 10.7. The van der Waals surface area contributed by atoms with Crippen molar-refractivity contribution in [2.75, 3.05) is 89.3 Å². The molecule has 84 heavy (non-hydrogen) atoms. The van der Waals surface area contributed by atoms with Crippen molar-refractivity contribution < 1.29 is 29.2 Å². The first kappa shape index (κ1) is 65.2. The topological polar surface area (TPSA) is 181 Å². The van der Waals surface area contributed by atoms with Crippen molar-refractivity contribution >= 4 is 109 Å². The number of fused-ring (bicyclic) bond motifs is 2. The summed E-state index contributed by atoms with van der Waals surface area (Å²) in [5.41, 5.74) is 10.9. The van der Waals surface area contributed by atoms with Gasteiger partial charge in [0.2, 0.25) is 0 Å². The summed E-state index contributed by atoms with van der Waals surface area (Å²) in [4.78, 5) is 69.1. The number of amides is 2. The van der Waals surface area contributed by atoms with Gasteiger partial charge >= 0.3 is 7.12 Å². The number of carbonyl (C=O) groups is 4. The van der Waals surface area contributed by atoms with E-state index >= 15 is 0 Å². The summed E-state index contributed by atoms with van der Waals surface area (Å²) < 4.78 is 5.19. The van der Waals surface area contributed by atoms with Gasteiger partial charge in [-0.15, -0.1) is 23.2 Å². The van der Waals surface area contributed by atoms with E-state index in [0.29, 0.717) is 46.6 Å². The molecule has 6 aromatic rings. The van der Waals surface area contributed by atoms with Gasteiger partial charge in [0, 0.05) is 169 Å². The molecule has 2 aliphatic heterocycles. The van der Waals surface area contributed by atoms with Crippen LogP contribution in [0.4, 0.5) is 11.6 Å². The average Bonchev–Trinajstić information content (AvgIpc) is 3.89. The van der Waals surface area contributed by atoms with Crippen LogP contribution in [-0.2, 0) is 9.59 Å². The van der Waals surface area contributed by atoms with Gasteiger partial charge in [0.15, 0.2) is 11.6 Å². The van der Waals surface area contributed by atoms with Crippen LogP contribution in [0.25, 0.3) is 32.9 Å². The number of Topliss-reactive ketones (excluding diaryl/α,β-unsaturated/α-hetero) is 2. The van der Waals surface area contributed by atoms with Gasteiger partial charge in [-0.2, -0.15) is 0 Å². The number of rotatable bonds is 12. The number of nitrogens with zero attached hydrogens (tertiary/aromatic N) is 8. The number of allylic oxidation sites excluding steroid dienone is 6. The summed E-state index contributed by atoms with van der Waals surface area (Å²) in [6.45, 7) is 26.4. The highest BCUT2D eigenvalue weighted by Gasteiger charge is 2.24. The number of nitrogens with one attached hydrogen (secondary N) is 2. The molecule has 20 heteroatoms. The fraction of sp³-hybridized carbons (Fsp3) is 0.406. The van der Waals surface area contributed by atoms with Crippen LogP contribution in [0.3, 0.4) is 0 Å². The zero-order valence-electron chi connectivity index (χ0n) is 50.3. The first-order valence-corrected chi connectivity index (χ1v) is 30.3. The van der Waals surface area contributed by atoms with Crippen LogP contribution in [0, 0.1) is 0 Å². The van der Waals surface area contributed by atoms with E-state index in [4.69, 9.17) is 38.2 Å².